The molecule has 0 fully saturated rings. The van der Waals surface area contributed by atoms with Crippen molar-refractivity contribution in [1.29, 1.82) is 0 Å². The van der Waals surface area contributed by atoms with Gasteiger partial charge in [0.25, 0.3) is 0 Å². The van der Waals surface area contributed by atoms with Crippen molar-refractivity contribution in [2.24, 2.45) is 5.92 Å². The summed E-state index contributed by atoms with van der Waals surface area (Å²) in [7, 11) is -2.36. The Labute approximate surface area is 147 Å². The number of rotatable bonds is 7. The molecular weight excluding hydrogens is 344 g/mol. The molecule has 0 unspecified atom stereocenters. The Morgan fingerprint density at radius 1 is 1.28 bits per heavy atom. The maximum atomic E-state index is 12.0. The summed E-state index contributed by atoms with van der Waals surface area (Å²) in [5.74, 6) is 0.988. The van der Waals surface area contributed by atoms with Gasteiger partial charge in [0.05, 0.1) is 17.9 Å². The zero-order valence-electron chi connectivity index (χ0n) is 14.4. The van der Waals surface area contributed by atoms with E-state index < -0.39 is 16.1 Å². The van der Waals surface area contributed by atoms with E-state index in [0.717, 1.165) is 12.1 Å². The zero-order valence-corrected chi connectivity index (χ0v) is 15.2. The Hall–Kier alpha value is -2.39. The topological polar surface area (TPSA) is 113 Å². The average molecular weight is 366 g/mol. The van der Waals surface area contributed by atoms with Crippen molar-refractivity contribution < 1.29 is 17.7 Å². The first-order valence-corrected chi connectivity index (χ1v) is 9.32. The van der Waals surface area contributed by atoms with Crippen LogP contribution in [0.2, 0.25) is 0 Å². The number of sulfonamides is 1. The monoisotopic (exact) mass is 366 g/mol. The van der Waals surface area contributed by atoms with Gasteiger partial charge in [-0.05, 0) is 31.5 Å². The summed E-state index contributed by atoms with van der Waals surface area (Å²) < 4.78 is 31.3. The molecule has 0 aliphatic carbocycles. The number of carbonyl (C=O) groups excluding carboxylic acids is 1. The molecule has 2 aromatic rings. The molecule has 0 aliphatic heterocycles. The first-order chi connectivity index (χ1) is 11.8. The van der Waals surface area contributed by atoms with Crippen LogP contribution in [-0.2, 0) is 23.0 Å². The smallest absolute Gasteiger partial charge is 0.319 e. The molecule has 0 radical (unpaired) electrons. The fourth-order valence-corrected chi connectivity index (χ4v) is 3.09. The molecule has 0 atom stereocenters. The molecule has 1 aromatic heterocycles. The Morgan fingerprint density at radius 2 is 2.00 bits per heavy atom. The van der Waals surface area contributed by atoms with Crippen LogP contribution < -0.4 is 15.4 Å². The van der Waals surface area contributed by atoms with Gasteiger partial charge in [-0.3, -0.25) is 0 Å². The molecule has 25 heavy (non-hydrogen) atoms. The van der Waals surface area contributed by atoms with Crippen molar-refractivity contribution in [1.82, 2.24) is 15.2 Å². The summed E-state index contributed by atoms with van der Waals surface area (Å²) in [6, 6.07) is 7.40. The lowest BCUT2D eigenvalue weighted by Gasteiger charge is -2.11. The van der Waals surface area contributed by atoms with E-state index in [1.807, 2.05) is 0 Å². The van der Waals surface area contributed by atoms with Gasteiger partial charge in [-0.15, -0.1) is 0 Å². The highest BCUT2D eigenvalue weighted by Crippen LogP contribution is 2.20. The molecule has 9 heteroatoms. The van der Waals surface area contributed by atoms with Gasteiger partial charge in [0.15, 0.2) is 5.76 Å². The highest BCUT2D eigenvalue weighted by atomic mass is 32.2. The molecule has 8 nitrogen and oxygen atoms in total. The lowest BCUT2D eigenvalue weighted by molar-refractivity contribution is 0.250. The normalized spacial score (nSPS) is 11.5. The molecule has 0 bridgehead atoms. The van der Waals surface area contributed by atoms with E-state index in [-0.39, 0.29) is 17.1 Å². The minimum absolute atomic E-state index is 0.00784. The Morgan fingerprint density at radius 3 is 2.68 bits per heavy atom. The second-order valence-corrected chi connectivity index (χ2v) is 7.75. The third-order valence-corrected chi connectivity index (χ3v) is 4.81. The minimum atomic E-state index is -3.67. The van der Waals surface area contributed by atoms with Crippen LogP contribution in [0.3, 0.4) is 0 Å². The quantitative estimate of drug-likeness (QED) is 0.694. The summed E-state index contributed by atoms with van der Waals surface area (Å²) in [6.45, 7) is 4.31. The summed E-state index contributed by atoms with van der Waals surface area (Å²) in [6.07, 6.45) is 0.797. The molecule has 2 rings (SSSR count). The number of aromatic nitrogens is 1. The molecule has 0 spiro atoms. The standard InChI is InChI=1S/C16H22N4O4S/c1-11(2)8-12-9-13(24-20-12)10-18-16(21)19-14-6-4-5-7-15(14)25(22,23)17-3/h4-7,9,11,17H,8,10H2,1-3H3,(H2,18,19,21). The van der Waals surface area contributed by atoms with Crippen LogP contribution in [0.25, 0.3) is 0 Å². The Kier molecular flexibility index (Phi) is 6.16. The van der Waals surface area contributed by atoms with Crippen LogP contribution in [0.5, 0.6) is 0 Å². The van der Waals surface area contributed by atoms with Crippen molar-refractivity contribution in [2.45, 2.75) is 31.7 Å². The number of anilines is 1. The van der Waals surface area contributed by atoms with E-state index >= 15 is 0 Å². The lowest BCUT2D eigenvalue weighted by Crippen LogP contribution is -2.29. The van der Waals surface area contributed by atoms with Gasteiger partial charge < -0.3 is 15.2 Å². The van der Waals surface area contributed by atoms with Crippen LogP contribution in [0.15, 0.2) is 39.8 Å². The van der Waals surface area contributed by atoms with Crippen LogP contribution in [-0.4, -0.2) is 26.7 Å². The van der Waals surface area contributed by atoms with Gasteiger partial charge in [-0.25, -0.2) is 17.9 Å². The van der Waals surface area contributed by atoms with Crippen LogP contribution >= 0.6 is 0 Å². The summed E-state index contributed by atoms with van der Waals surface area (Å²) >= 11 is 0. The van der Waals surface area contributed by atoms with Gasteiger partial charge in [-0.1, -0.05) is 31.1 Å². The molecular formula is C16H22N4O4S. The number of para-hydroxylation sites is 1. The predicted molar refractivity (Wildman–Crippen MR) is 93.6 cm³/mol. The summed E-state index contributed by atoms with van der Waals surface area (Å²) in [5.41, 5.74) is 1.02. The molecule has 2 amide bonds. The number of amides is 2. The van der Waals surface area contributed by atoms with Crippen molar-refractivity contribution in [3.63, 3.8) is 0 Å². The van der Waals surface area contributed by atoms with E-state index in [4.69, 9.17) is 4.52 Å². The second kappa shape index (κ2) is 8.13. The molecule has 1 heterocycles. The molecule has 0 saturated carbocycles. The zero-order chi connectivity index (χ0) is 18.4. The molecule has 1 aromatic carbocycles. The highest BCUT2D eigenvalue weighted by molar-refractivity contribution is 7.89. The van der Waals surface area contributed by atoms with Gasteiger partial charge >= 0.3 is 6.03 Å². The number of nitrogens with zero attached hydrogens (tertiary/aromatic N) is 1. The van der Waals surface area contributed by atoms with E-state index in [9.17, 15) is 13.2 Å². The fraction of sp³-hybridized carbons (Fsp3) is 0.375. The van der Waals surface area contributed by atoms with Crippen molar-refractivity contribution in [3.05, 3.63) is 41.8 Å². The second-order valence-electron chi connectivity index (χ2n) is 5.89. The van der Waals surface area contributed by atoms with E-state index in [2.05, 4.69) is 34.4 Å². The SMILES string of the molecule is CNS(=O)(=O)c1ccccc1NC(=O)NCc1cc(CC(C)C)no1. The third-order valence-electron chi connectivity index (χ3n) is 3.34. The lowest BCUT2D eigenvalue weighted by atomic mass is 10.1. The number of hydrogen-bond acceptors (Lipinski definition) is 5. The van der Waals surface area contributed by atoms with E-state index in [1.54, 1.807) is 18.2 Å². The first kappa shape index (κ1) is 18.9. The van der Waals surface area contributed by atoms with Crippen molar-refractivity contribution in [3.8, 4) is 0 Å². The third kappa shape index (κ3) is 5.30. The summed E-state index contributed by atoms with van der Waals surface area (Å²) in [4.78, 5) is 12.0. The van der Waals surface area contributed by atoms with Crippen LogP contribution in [0, 0.1) is 5.92 Å². The molecule has 136 valence electrons. The highest BCUT2D eigenvalue weighted by Gasteiger charge is 2.17. The fourth-order valence-electron chi connectivity index (χ4n) is 2.20. The van der Waals surface area contributed by atoms with Gasteiger partial charge in [-0.2, -0.15) is 0 Å². The van der Waals surface area contributed by atoms with Gasteiger partial charge in [0.2, 0.25) is 10.0 Å². The summed E-state index contributed by atoms with van der Waals surface area (Å²) in [5, 5.41) is 9.08. The van der Waals surface area contributed by atoms with Crippen molar-refractivity contribution in [2.75, 3.05) is 12.4 Å². The van der Waals surface area contributed by atoms with E-state index in [1.165, 1.54) is 19.2 Å². The molecule has 0 saturated heterocycles. The number of urea groups is 1. The largest absolute Gasteiger partial charge is 0.359 e. The maximum Gasteiger partial charge on any atom is 0.319 e. The van der Waals surface area contributed by atoms with Crippen LogP contribution in [0.4, 0.5) is 10.5 Å². The minimum Gasteiger partial charge on any atom is -0.359 e. The Balaban J connectivity index is 1.98. The van der Waals surface area contributed by atoms with E-state index in [0.29, 0.717) is 11.7 Å². The van der Waals surface area contributed by atoms with Gasteiger partial charge in [0, 0.05) is 6.07 Å². The number of benzene rings is 1. The number of hydrogen-bond donors (Lipinski definition) is 3. The average Bonchev–Trinajstić information content (AvgIpc) is 3.00. The first-order valence-electron chi connectivity index (χ1n) is 7.83. The van der Waals surface area contributed by atoms with Crippen LogP contribution in [0.1, 0.15) is 25.3 Å². The number of nitrogens with one attached hydrogen (secondary N) is 3. The molecule has 3 N–H and O–H groups in total. The number of carbonyl (C=O) groups is 1. The maximum absolute atomic E-state index is 12.0. The Bertz CT molecular complexity index is 830. The molecule has 0 aliphatic rings. The van der Waals surface area contributed by atoms with Gasteiger partial charge in [0.1, 0.15) is 4.90 Å². The van der Waals surface area contributed by atoms with Crippen molar-refractivity contribution >= 4 is 21.7 Å². The predicted octanol–water partition coefficient (Wildman–Crippen LogP) is 2.10.